The highest BCUT2D eigenvalue weighted by molar-refractivity contribution is 7.89. The first-order chi connectivity index (χ1) is 15.7. The number of sulfonamides is 1. The van der Waals surface area contributed by atoms with Crippen LogP contribution < -0.4 is 10.0 Å². The van der Waals surface area contributed by atoms with Gasteiger partial charge in [-0.25, -0.2) is 13.1 Å². The molecule has 0 fully saturated rings. The van der Waals surface area contributed by atoms with Crippen molar-refractivity contribution < 1.29 is 18.1 Å². The zero-order valence-corrected chi connectivity index (χ0v) is 19.3. The van der Waals surface area contributed by atoms with E-state index in [4.69, 9.17) is 12.2 Å². The number of amides is 1. The van der Waals surface area contributed by atoms with Gasteiger partial charge in [0.15, 0.2) is 10.6 Å². The molecular formula is C20H22N6O5S2. The van der Waals surface area contributed by atoms with Crippen LogP contribution in [-0.4, -0.2) is 47.1 Å². The van der Waals surface area contributed by atoms with Crippen molar-refractivity contribution in [3.63, 3.8) is 0 Å². The Hall–Kier alpha value is -3.42. The third-order valence-electron chi connectivity index (χ3n) is 4.71. The van der Waals surface area contributed by atoms with Crippen molar-refractivity contribution in [2.24, 2.45) is 0 Å². The molecule has 0 aliphatic heterocycles. The lowest BCUT2D eigenvalue weighted by molar-refractivity contribution is -0.385. The summed E-state index contributed by atoms with van der Waals surface area (Å²) in [5.74, 6) is 0.333. The number of hydrogen-bond donors (Lipinski definition) is 3. The van der Waals surface area contributed by atoms with Gasteiger partial charge in [-0.3, -0.25) is 24.6 Å². The standard InChI is InChI=1S/C20H22N6O5S2/c1-14-5-7-15(8-6-14)19-23-24-20(32)25(19)12-9-18(27)21-10-11-22-33(30,31)17-4-2-3-16(13-17)26(28)29/h2-8,13,22H,9-12H2,1H3,(H,21,27)(H,24,32). The van der Waals surface area contributed by atoms with E-state index in [0.717, 1.165) is 17.2 Å². The fraction of sp³-hybridized carbons (Fsp3) is 0.250. The average molecular weight is 491 g/mol. The van der Waals surface area contributed by atoms with Crippen LogP contribution >= 0.6 is 12.2 Å². The summed E-state index contributed by atoms with van der Waals surface area (Å²) in [4.78, 5) is 22.1. The van der Waals surface area contributed by atoms with Crippen LogP contribution in [0.15, 0.2) is 53.4 Å². The Bertz CT molecular complexity index is 1320. The lowest BCUT2D eigenvalue weighted by atomic mass is 10.1. The zero-order valence-electron chi connectivity index (χ0n) is 17.6. The summed E-state index contributed by atoms with van der Waals surface area (Å²) in [7, 11) is -3.94. The zero-order chi connectivity index (χ0) is 24.0. The summed E-state index contributed by atoms with van der Waals surface area (Å²) in [5, 5.41) is 20.4. The van der Waals surface area contributed by atoms with E-state index >= 15 is 0 Å². The molecule has 33 heavy (non-hydrogen) atoms. The second-order valence-corrected chi connectivity index (χ2v) is 9.28. The van der Waals surface area contributed by atoms with Gasteiger partial charge in [0.1, 0.15) is 0 Å². The van der Waals surface area contributed by atoms with Crippen molar-refractivity contribution in [1.82, 2.24) is 24.8 Å². The second-order valence-electron chi connectivity index (χ2n) is 7.12. The molecule has 0 bridgehead atoms. The Balaban J connectivity index is 1.50. The number of rotatable bonds is 10. The summed E-state index contributed by atoms with van der Waals surface area (Å²) in [6.45, 7) is 2.25. The summed E-state index contributed by atoms with van der Waals surface area (Å²) >= 11 is 5.26. The Morgan fingerprint density at radius 3 is 2.64 bits per heavy atom. The molecule has 0 aliphatic carbocycles. The number of aromatic amines is 1. The van der Waals surface area contributed by atoms with E-state index in [0.29, 0.717) is 17.1 Å². The number of nitro groups is 1. The first kappa shape index (κ1) is 24.2. The molecule has 0 aliphatic rings. The molecule has 2 aromatic carbocycles. The van der Waals surface area contributed by atoms with E-state index < -0.39 is 14.9 Å². The van der Waals surface area contributed by atoms with E-state index in [9.17, 15) is 23.3 Å². The molecule has 13 heteroatoms. The van der Waals surface area contributed by atoms with Gasteiger partial charge >= 0.3 is 0 Å². The predicted molar refractivity (Wildman–Crippen MR) is 123 cm³/mol. The molecule has 174 valence electrons. The minimum absolute atomic E-state index is 0.0502. The van der Waals surface area contributed by atoms with Gasteiger partial charge in [0.05, 0.1) is 9.82 Å². The van der Waals surface area contributed by atoms with E-state index in [-0.39, 0.29) is 36.0 Å². The summed E-state index contributed by atoms with van der Waals surface area (Å²) in [5.41, 5.74) is 1.65. The molecule has 1 amide bonds. The van der Waals surface area contributed by atoms with Crippen LogP contribution in [0.1, 0.15) is 12.0 Å². The van der Waals surface area contributed by atoms with Crippen LogP contribution in [0, 0.1) is 21.8 Å². The third kappa shape index (κ3) is 6.31. The van der Waals surface area contributed by atoms with Crippen molar-refractivity contribution in [3.05, 3.63) is 69.0 Å². The fourth-order valence-electron chi connectivity index (χ4n) is 2.98. The largest absolute Gasteiger partial charge is 0.355 e. The van der Waals surface area contributed by atoms with Gasteiger partial charge in [-0.1, -0.05) is 35.9 Å². The Morgan fingerprint density at radius 2 is 1.94 bits per heavy atom. The molecular weight excluding hydrogens is 468 g/mol. The van der Waals surface area contributed by atoms with Gasteiger partial charge in [-0.2, -0.15) is 5.10 Å². The Kier molecular flexibility index (Phi) is 7.68. The molecule has 11 nitrogen and oxygen atoms in total. The number of benzene rings is 2. The minimum atomic E-state index is -3.94. The number of carbonyl (C=O) groups is 1. The molecule has 3 N–H and O–H groups in total. The number of nitrogens with zero attached hydrogens (tertiary/aromatic N) is 3. The number of H-pyrrole nitrogens is 1. The molecule has 0 saturated heterocycles. The first-order valence-corrected chi connectivity index (χ1v) is 11.8. The van der Waals surface area contributed by atoms with E-state index in [1.165, 1.54) is 18.2 Å². The van der Waals surface area contributed by atoms with Crippen LogP contribution in [-0.2, 0) is 21.4 Å². The van der Waals surface area contributed by atoms with Crippen molar-refractivity contribution in [2.45, 2.75) is 24.8 Å². The maximum atomic E-state index is 12.3. The molecule has 1 heterocycles. The Morgan fingerprint density at radius 1 is 1.21 bits per heavy atom. The first-order valence-electron chi connectivity index (χ1n) is 9.90. The normalized spacial score (nSPS) is 11.3. The number of non-ortho nitro benzene ring substituents is 1. The lowest BCUT2D eigenvalue weighted by Crippen LogP contribution is -2.35. The van der Waals surface area contributed by atoms with E-state index in [2.05, 4.69) is 20.2 Å². The molecule has 1 aromatic heterocycles. The highest BCUT2D eigenvalue weighted by Crippen LogP contribution is 2.18. The fourth-order valence-corrected chi connectivity index (χ4v) is 4.28. The summed E-state index contributed by atoms with van der Waals surface area (Å²) in [6.07, 6.45) is 0.115. The average Bonchev–Trinajstić information content (AvgIpc) is 3.16. The number of aryl methyl sites for hydroxylation is 1. The number of carbonyl (C=O) groups excluding carboxylic acids is 1. The van der Waals surface area contributed by atoms with Gasteiger partial charge in [0.2, 0.25) is 15.9 Å². The maximum absolute atomic E-state index is 12.3. The van der Waals surface area contributed by atoms with Crippen LogP contribution in [0.3, 0.4) is 0 Å². The van der Waals surface area contributed by atoms with Crippen LogP contribution in [0.2, 0.25) is 0 Å². The summed E-state index contributed by atoms with van der Waals surface area (Å²) < 4.78 is 29.0. The highest BCUT2D eigenvalue weighted by Gasteiger charge is 2.17. The molecule has 0 atom stereocenters. The predicted octanol–water partition coefficient (Wildman–Crippen LogP) is 2.31. The topological polar surface area (TPSA) is 152 Å². The molecule has 3 rings (SSSR count). The molecule has 0 saturated carbocycles. The third-order valence-corrected chi connectivity index (χ3v) is 6.48. The monoisotopic (exact) mass is 490 g/mol. The highest BCUT2D eigenvalue weighted by atomic mass is 32.2. The molecule has 0 spiro atoms. The number of aromatic nitrogens is 3. The van der Waals surface area contributed by atoms with Crippen LogP contribution in [0.5, 0.6) is 0 Å². The number of nitro benzene ring substituents is 1. The maximum Gasteiger partial charge on any atom is 0.270 e. The minimum Gasteiger partial charge on any atom is -0.355 e. The van der Waals surface area contributed by atoms with Gasteiger partial charge in [-0.05, 0) is 25.2 Å². The molecule has 0 unspecified atom stereocenters. The van der Waals surface area contributed by atoms with Crippen molar-refractivity contribution in [3.8, 4) is 11.4 Å². The van der Waals surface area contributed by atoms with E-state index in [1.807, 2.05) is 31.2 Å². The quantitative estimate of drug-likeness (QED) is 0.171. The van der Waals surface area contributed by atoms with Gasteiger partial charge in [0, 0.05) is 43.8 Å². The van der Waals surface area contributed by atoms with Gasteiger partial charge in [0.25, 0.3) is 5.69 Å². The van der Waals surface area contributed by atoms with Gasteiger partial charge < -0.3 is 5.32 Å². The van der Waals surface area contributed by atoms with Crippen LogP contribution in [0.25, 0.3) is 11.4 Å². The number of nitrogens with one attached hydrogen (secondary N) is 3. The van der Waals surface area contributed by atoms with E-state index in [1.54, 1.807) is 4.57 Å². The Labute approximate surface area is 195 Å². The van der Waals surface area contributed by atoms with Crippen molar-refractivity contribution in [2.75, 3.05) is 13.1 Å². The second kappa shape index (κ2) is 10.5. The van der Waals surface area contributed by atoms with Crippen LogP contribution in [0.4, 0.5) is 5.69 Å². The number of hydrogen-bond acceptors (Lipinski definition) is 7. The molecule has 3 aromatic rings. The molecule has 0 radical (unpaired) electrons. The summed E-state index contributed by atoms with van der Waals surface area (Å²) in [6, 6.07) is 12.5. The smallest absolute Gasteiger partial charge is 0.270 e. The SMILES string of the molecule is Cc1ccc(-c2n[nH]c(=S)n2CCC(=O)NCCNS(=O)(=O)c2cccc([N+](=O)[O-])c2)cc1. The van der Waals surface area contributed by atoms with Crippen molar-refractivity contribution in [1.29, 1.82) is 0 Å². The van der Waals surface area contributed by atoms with Gasteiger partial charge in [-0.15, -0.1) is 0 Å². The lowest BCUT2D eigenvalue weighted by Gasteiger charge is -2.09. The van der Waals surface area contributed by atoms with Crippen molar-refractivity contribution >= 4 is 33.8 Å².